The van der Waals surface area contributed by atoms with Crippen molar-refractivity contribution in [2.24, 2.45) is 5.41 Å². The molecule has 8 nitrogen and oxygen atoms in total. The molecule has 0 radical (unpaired) electrons. The van der Waals surface area contributed by atoms with Gasteiger partial charge in [0.05, 0.1) is 14.2 Å². The summed E-state index contributed by atoms with van der Waals surface area (Å²) in [5.74, 6) is -1.29. The fraction of sp³-hybridized carbons (Fsp3) is 0.135. The number of methoxy groups -OCH3 is 2. The van der Waals surface area contributed by atoms with Gasteiger partial charge in [-0.2, -0.15) is 0 Å². The number of carbonyl (C=O) groups is 2. The normalized spacial score (nSPS) is 19.1. The standard InChI is InChI=1S/C37H27Cl2N3O5S/c1-45-26-15-7-21(8-16-26)30-28(19-20-3-11-24(38)12-4-20)32-29(33(47-42-32)23-5-13-25(39)14-6-23)31(22-9-17-27(46-2)18-10-22)37(30)34(43)40-36(48)41-35(37)44/h3-19,30-31H,1-2H3,(H2,40,41,43,44,48)/b28-19-. The quantitative estimate of drug-likeness (QED) is 0.139. The molecule has 48 heavy (non-hydrogen) atoms. The Morgan fingerprint density at radius 2 is 1.25 bits per heavy atom. The maximum absolute atomic E-state index is 14.9. The van der Waals surface area contributed by atoms with E-state index in [0.29, 0.717) is 60.8 Å². The number of rotatable bonds is 6. The number of nitrogens with one attached hydrogen (secondary N) is 2. The first-order valence-corrected chi connectivity index (χ1v) is 16.1. The van der Waals surface area contributed by atoms with Crippen LogP contribution in [-0.2, 0) is 9.59 Å². The number of aromatic nitrogens is 1. The van der Waals surface area contributed by atoms with Gasteiger partial charge in [-0.15, -0.1) is 0 Å². The van der Waals surface area contributed by atoms with Crippen LogP contribution in [0.1, 0.15) is 39.8 Å². The van der Waals surface area contributed by atoms with Gasteiger partial charge in [0.25, 0.3) is 0 Å². The summed E-state index contributed by atoms with van der Waals surface area (Å²) in [6.07, 6.45) is 1.91. The summed E-state index contributed by atoms with van der Waals surface area (Å²) >= 11 is 17.9. The van der Waals surface area contributed by atoms with Gasteiger partial charge in [0.1, 0.15) is 17.2 Å². The van der Waals surface area contributed by atoms with Gasteiger partial charge in [0, 0.05) is 33.0 Å². The van der Waals surface area contributed by atoms with Gasteiger partial charge in [0.15, 0.2) is 16.3 Å². The minimum Gasteiger partial charge on any atom is -0.497 e. The number of benzene rings is 4. The van der Waals surface area contributed by atoms with E-state index in [4.69, 9.17) is 49.4 Å². The predicted octanol–water partition coefficient (Wildman–Crippen LogP) is 7.65. The van der Waals surface area contributed by atoms with E-state index >= 15 is 0 Å². The highest BCUT2D eigenvalue weighted by molar-refractivity contribution is 7.80. The molecule has 2 amide bonds. The molecule has 1 aliphatic carbocycles. The summed E-state index contributed by atoms with van der Waals surface area (Å²) in [6.45, 7) is 0. The van der Waals surface area contributed by atoms with Gasteiger partial charge < -0.3 is 24.6 Å². The summed E-state index contributed by atoms with van der Waals surface area (Å²) in [4.78, 5) is 29.7. The molecule has 2 aliphatic rings. The van der Waals surface area contributed by atoms with E-state index in [1.54, 1.807) is 62.8 Å². The Hall–Kier alpha value is -4.96. The zero-order chi connectivity index (χ0) is 33.6. The number of allylic oxidation sites excluding steroid dienone is 1. The van der Waals surface area contributed by atoms with Gasteiger partial charge in [-0.1, -0.05) is 64.8 Å². The highest BCUT2D eigenvalue weighted by Crippen LogP contribution is 2.63. The molecule has 11 heteroatoms. The Kier molecular flexibility index (Phi) is 8.29. The molecular formula is C37H27Cl2N3O5S. The van der Waals surface area contributed by atoms with E-state index in [1.807, 2.05) is 54.6 Å². The molecule has 1 aromatic heterocycles. The second kappa shape index (κ2) is 12.6. The van der Waals surface area contributed by atoms with Crippen LogP contribution in [0, 0.1) is 5.41 Å². The molecule has 2 N–H and O–H groups in total. The first-order valence-electron chi connectivity index (χ1n) is 14.9. The van der Waals surface area contributed by atoms with Crippen LogP contribution < -0.4 is 20.1 Å². The van der Waals surface area contributed by atoms with Gasteiger partial charge in [-0.05, 0) is 101 Å². The number of amides is 2. The lowest BCUT2D eigenvalue weighted by Gasteiger charge is -2.49. The molecule has 1 aliphatic heterocycles. The van der Waals surface area contributed by atoms with Gasteiger partial charge in [-0.25, -0.2) is 0 Å². The summed E-state index contributed by atoms with van der Waals surface area (Å²) < 4.78 is 17.1. The fourth-order valence-corrected chi connectivity index (χ4v) is 7.22. The van der Waals surface area contributed by atoms with Crippen molar-refractivity contribution in [3.05, 3.63) is 135 Å². The Bertz CT molecular complexity index is 2060. The number of thiocarbonyl (C=S) groups is 1. The molecule has 0 bridgehead atoms. The van der Waals surface area contributed by atoms with E-state index in [1.165, 1.54) is 0 Å². The summed E-state index contributed by atoms with van der Waals surface area (Å²) in [5, 5.41) is 11.3. The lowest BCUT2D eigenvalue weighted by atomic mass is 9.52. The molecule has 2 unspecified atom stereocenters. The summed E-state index contributed by atoms with van der Waals surface area (Å²) in [6, 6.07) is 29.0. The van der Waals surface area contributed by atoms with Crippen LogP contribution in [0.5, 0.6) is 11.5 Å². The van der Waals surface area contributed by atoms with E-state index in [0.717, 1.165) is 5.56 Å². The number of ether oxygens (including phenoxy) is 2. The van der Waals surface area contributed by atoms with Crippen LogP contribution in [0.3, 0.4) is 0 Å². The molecule has 1 spiro atoms. The number of halogens is 2. The van der Waals surface area contributed by atoms with Crippen molar-refractivity contribution in [3.8, 4) is 22.8 Å². The van der Waals surface area contributed by atoms with Crippen LogP contribution in [0.4, 0.5) is 0 Å². The molecule has 240 valence electrons. The monoisotopic (exact) mass is 695 g/mol. The number of carbonyl (C=O) groups excluding carboxylic acids is 2. The Labute approximate surface area is 291 Å². The molecule has 1 saturated heterocycles. The van der Waals surface area contributed by atoms with Crippen molar-refractivity contribution in [2.45, 2.75) is 11.8 Å². The minimum atomic E-state index is -1.83. The van der Waals surface area contributed by atoms with Gasteiger partial charge in [0.2, 0.25) is 11.8 Å². The molecule has 4 aromatic carbocycles. The van der Waals surface area contributed by atoms with Crippen molar-refractivity contribution in [1.82, 2.24) is 15.8 Å². The van der Waals surface area contributed by atoms with Crippen molar-refractivity contribution >= 4 is 64.0 Å². The second-order valence-corrected chi connectivity index (χ2v) is 12.7. The first kappa shape index (κ1) is 31.6. The maximum Gasteiger partial charge on any atom is 0.243 e. The number of nitrogens with zero attached hydrogens (tertiary/aromatic N) is 1. The van der Waals surface area contributed by atoms with E-state index < -0.39 is 29.1 Å². The fourth-order valence-electron chi connectivity index (χ4n) is 6.79. The number of fused-ring (bicyclic) bond motifs is 1. The minimum absolute atomic E-state index is 0.0742. The zero-order valence-corrected chi connectivity index (χ0v) is 28.0. The molecule has 1 fully saturated rings. The van der Waals surface area contributed by atoms with Crippen molar-refractivity contribution in [3.63, 3.8) is 0 Å². The highest BCUT2D eigenvalue weighted by atomic mass is 35.5. The predicted molar refractivity (Wildman–Crippen MR) is 188 cm³/mol. The molecule has 2 atom stereocenters. The van der Waals surface area contributed by atoms with E-state index in [-0.39, 0.29) is 5.11 Å². The zero-order valence-electron chi connectivity index (χ0n) is 25.6. The summed E-state index contributed by atoms with van der Waals surface area (Å²) in [5.41, 5.74) is 2.60. The third-order valence-corrected chi connectivity index (χ3v) is 9.62. The van der Waals surface area contributed by atoms with Crippen LogP contribution in [0.25, 0.3) is 23.0 Å². The van der Waals surface area contributed by atoms with Crippen LogP contribution in [0.2, 0.25) is 10.0 Å². The van der Waals surface area contributed by atoms with Gasteiger partial charge in [-0.3, -0.25) is 9.59 Å². The van der Waals surface area contributed by atoms with Crippen molar-refractivity contribution < 1.29 is 23.6 Å². The third-order valence-electron chi connectivity index (χ3n) is 8.91. The smallest absolute Gasteiger partial charge is 0.243 e. The maximum atomic E-state index is 14.9. The topological polar surface area (TPSA) is 103 Å². The molecule has 0 saturated carbocycles. The van der Waals surface area contributed by atoms with Crippen LogP contribution in [-0.4, -0.2) is 36.3 Å². The lowest BCUT2D eigenvalue weighted by molar-refractivity contribution is -0.145. The van der Waals surface area contributed by atoms with E-state index in [9.17, 15) is 9.59 Å². The number of hydrogen-bond acceptors (Lipinski definition) is 7. The van der Waals surface area contributed by atoms with Crippen LogP contribution in [0.15, 0.2) is 102 Å². The van der Waals surface area contributed by atoms with E-state index in [2.05, 4.69) is 15.8 Å². The van der Waals surface area contributed by atoms with Crippen molar-refractivity contribution in [2.75, 3.05) is 14.2 Å². The Morgan fingerprint density at radius 1 is 0.750 bits per heavy atom. The highest BCUT2D eigenvalue weighted by Gasteiger charge is 2.66. The summed E-state index contributed by atoms with van der Waals surface area (Å²) in [7, 11) is 3.15. The molecular weight excluding hydrogens is 669 g/mol. The average Bonchev–Trinajstić information content (AvgIpc) is 3.53. The number of hydrogen-bond donors (Lipinski definition) is 2. The molecule has 7 rings (SSSR count). The molecule has 2 heterocycles. The Morgan fingerprint density at radius 3 is 1.77 bits per heavy atom. The average molecular weight is 697 g/mol. The Balaban J connectivity index is 1.63. The van der Waals surface area contributed by atoms with Crippen LogP contribution >= 0.6 is 35.4 Å². The second-order valence-electron chi connectivity index (χ2n) is 11.5. The van der Waals surface area contributed by atoms with Crippen molar-refractivity contribution in [1.29, 1.82) is 0 Å². The SMILES string of the molecule is COc1ccc(C2/C(=C/c3ccc(Cl)cc3)c3noc(-c4ccc(Cl)cc4)c3C(c3ccc(OC)cc3)C23C(=O)NC(=S)NC3=O)cc1. The third kappa shape index (κ3) is 5.24. The molecule has 5 aromatic rings. The van der Waals surface area contributed by atoms with Gasteiger partial charge >= 0.3 is 0 Å². The lowest BCUT2D eigenvalue weighted by Crippen LogP contribution is -2.67. The largest absolute Gasteiger partial charge is 0.497 e. The first-order chi connectivity index (χ1) is 23.2.